The zero-order valence-corrected chi connectivity index (χ0v) is 16.2. The minimum absolute atomic E-state index is 0.0210. The van der Waals surface area contributed by atoms with E-state index in [2.05, 4.69) is 0 Å². The van der Waals surface area contributed by atoms with Crippen molar-refractivity contribution in [3.05, 3.63) is 0 Å². The molecule has 0 fully saturated rings. The number of carboxylic acids is 1. The van der Waals surface area contributed by atoms with Gasteiger partial charge in [0.15, 0.2) is 5.12 Å². The molecular weight excluding hydrogens is 357 g/mol. The molecule has 0 aromatic rings. The summed E-state index contributed by atoms with van der Waals surface area (Å²) in [4.78, 5) is 40.6. The lowest BCUT2D eigenvalue weighted by molar-refractivity contribution is -0.908. The van der Waals surface area contributed by atoms with Crippen molar-refractivity contribution < 1.29 is 38.6 Å². The summed E-state index contributed by atoms with van der Waals surface area (Å²) < 4.78 is 11.7. The Hall–Kier alpha value is -0.440. The highest BCUT2D eigenvalue weighted by atomic mass is 32.2. The molecule has 10 heteroatoms. The van der Waals surface area contributed by atoms with E-state index in [0.717, 1.165) is 31.0 Å². The highest BCUT2D eigenvalue weighted by Gasteiger charge is 2.53. The van der Waals surface area contributed by atoms with E-state index in [0.29, 0.717) is 23.3 Å². The summed E-state index contributed by atoms with van der Waals surface area (Å²) in [5.41, 5.74) is 0. The van der Waals surface area contributed by atoms with Crippen molar-refractivity contribution >= 4 is 30.4 Å². The zero-order chi connectivity index (χ0) is 19.0. The average molecular weight is 386 g/mol. The van der Waals surface area contributed by atoms with Crippen molar-refractivity contribution in [3.63, 3.8) is 0 Å². The van der Waals surface area contributed by atoms with Gasteiger partial charge in [-0.1, -0.05) is 25.1 Å². The first kappa shape index (κ1) is 23.6. The second-order valence-corrected chi connectivity index (χ2v) is 9.35. The topological polar surface area (TPSA) is 132 Å². The Morgan fingerprint density at radius 1 is 1.17 bits per heavy atom. The summed E-state index contributed by atoms with van der Waals surface area (Å²) in [7, 11) is -3.37. The SMILES string of the molecule is CCCCC[N+](C)(CCSC(C)=O)CCC(O)(C(=O)O)P(=O)(O)O. The number of unbranched alkanes of at least 4 members (excludes halogenated alkanes) is 2. The van der Waals surface area contributed by atoms with E-state index < -0.39 is 25.3 Å². The first-order valence-corrected chi connectivity index (χ1v) is 10.5. The Balaban J connectivity index is 5.05. The fraction of sp³-hybridized carbons (Fsp3) is 0.857. The molecule has 0 rings (SSSR count). The summed E-state index contributed by atoms with van der Waals surface area (Å²) in [6, 6.07) is 0. The minimum Gasteiger partial charge on any atom is -0.479 e. The molecule has 0 amide bonds. The molecule has 8 nitrogen and oxygen atoms in total. The quantitative estimate of drug-likeness (QED) is 0.224. The van der Waals surface area contributed by atoms with Crippen LogP contribution in [0.3, 0.4) is 0 Å². The lowest BCUT2D eigenvalue weighted by atomic mass is 10.1. The lowest BCUT2D eigenvalue weighted by Crippen LogP contribution is -2.51. The van der Waals surface area contributed by atoms with Gasteiger partial charge < -0.3 is 24.5 Å². The largest absolute Gasteiger partial charge is 0.479 e. The number of thioether (sulfide) groups is 1. The number of quaternary nitrogens is 1. The molecule has 0 aliphatic carbocycles. The predicted octanol–water partition coefficient (Wildman–Crippen LogP) is 1.24. The van der Waals surface area contributed by atoms with Gasteiger partial charge in [0.2, 0.25) is 0 Å². The molecule has 0 radical (unpaired) electrons. The molecule has 2 atom stereocenters. The number of aliphatic hydroxyl groups is 1. The molecule has 0 aliphatic heterocycles. The van der Waals surface area contributed by atoms with E-state index in [1.54, 1.807) is 0 Å². The van der Waals surface area contributed by atoms with Crippen molar-refractivity contribution in [3.8, 4) is 0 Å². The summed E-state index contributed by atoms with van der Waals surface area (Å²) in [5, 5.41) is 15.9. The normalized spacial score (nSPS) is 17.1. The van der Waals surface area contributed by atoms with Gasteiger partial charge in [-0.25, -0.2) is 4.79 Å². The molecule has 0 aromatic carbocycles. The number of aliphatic carboxylic acids is 1. The standard InChI is InChI=1S/C14H28NO7PS/c1-4-5-6-8-15(3,10-11-24-12(2)16)9-7-14(19,13(17)18)23(20,21)22/h19H,4-11H2,1-3H3,(H2-,17,18,20,21,22)/p+1. The van der Waals surface area contributed by atoms with Crippen LogP contribution in [0.2, 0.25) is 0 Å². The monoisotopic (exact) mass is 386 g/mol. The molecule has 24 heavy (non-hydrogen) atoms. The van der Waals surface area contributed by atoms with E-state index in [-0.39, 0.29) is 11.7 Å². The third-order valence-electron chi connectivity index (χ3n) is 4.06. The van der Waals surface area contributed by atoms with E-state index in [1.165, 1.54) is 6.92 Å². The number of nitrogens with zero attached hydrogens (tertiary/aromatic N) is 1. The van der Waals surface area contributed by atoms with Crippen molar-refractivity contribution in [1.29, 1.82) is 0 Å². The maximum atomic E-state index is 11.4. The Morgan fingerprint density at radius 3 is 2.17 bits per heavy atom. The molecule has 0 bridgehead atoms. The van der Waals surface area contributed by atoms with Gasteiger partial charge in [-0.3, -0.25) is 9.36 Å². The van der Waals surface area contributed by atoms with Crippen molar-refractivity contribution in [1.82, 2.24) is 0 Å². The van der Waals surface area contributed by atoms with Crippen molar-refractivity contribution in [2.24, 2.45) is 0 Å². The Bertz CT molecular complexity index is 484. The molecule has 0 saturated heterocycles. The van der Waals surface area contributed by atoms with E-state index in [1.807, 2.05) is 14.0 Å². The Labute approximate surface area is 147 Å². The third kappa shape index (κ3) is 7.63. The summed E-state index contributed by atoms with van der Waals surface area (Å²) in [6.07, 6.45) is 2.30. The molecule has 0 spiro atoms. The van der Waals surface area contributed by atoms with Crippen LogP contribution in [0.5, 0.6) is 0 Å². The number of carbonyl (C=O) groups excluding carboxylic acids is 1. The van der Waals surface area contributed by atoms with Crippen LogP contribution in [0.1, 0.15) is 39.5 Å². The van der Waals surface area contributed by atoms with Crippen LogP contribution in [0, 0.1) is 0 Å². The summed E-state index contributed by atoms with van der Waals surface area (Å²) in [6.45, 7) is 4.83. The number of hydrogen-bond donors (Lipinski definition) is 4. The van der Waals surface area contributed by atoms with Gasteiger partial charge in [-0.2, -0.15) is 0 Å². The minimum atomic E-state index is -5.22. The van der Waals surface area contributed by atoms with Gasteiger partial charge in [0, 0.05) is 13.3 Å². The first-order valence-electron chi connectivity index (χ1n) is 7.86. The average Bonchev–Trinajstić information content (AvgIpc) is 2.43. The second kappa shape index (κ2) is 9.89. The fourth-order valence-corrected chi connectivity index (χ4v) is 3.75. The summed E-state index contributed by atoms with van der Waals surface area (Å²) in [5.74, 6) is -1.40. The number of rotatable bonds is 12. The number of carbonyl (C=O) groups is 2. The lowest BCUT2D eigenvalue weighted by Gasteiger charge is -2.37. The van der Waals surface area contributed by atoms with E-state index in [4.69, 9.17) is 5.11 Å². The van der Waals surface area contributed by atoms with Crippen LogP contribution in [-0.4, -0.2) is 73.3 Å². The summed E-state index contributed by atoms with van der Waals surface area (Å²) >= 11 is 1.16. The predicted molar refractivity (Wildman–Crippen MR) is 92.7 cm³/mol. The molecule has 0 saturated carbocycles. The van der Waals surface area contributed by atoms with Crippen molar-refractivity contribution in [2.45, 2.75) is 44.9 Å². The van der Waals surface area contributed by atoms with Gasteiger partial charge in [0.05, 0.1) is 32.4 Å². The molecule has 2 unspecified atom stereocenters. The van der Waals surface area contributed by atoms with Gasteiger partial charge in [-0.05, 0) is 12.8 Å². The maximum Gasteiger partial charge on any atom is 0.368 e. The Morgan fingerprint density at radius 2 is 1.75 bits per heavy atom. The number of hydrogen-bond acceptors (Lipinski definition) is 5. The van der Waals surface area contributed by atoms with Crippen LogP contribution in [0.4, 0.5) is 0 Å². The van der Waals surface area contributed by atoms with Crippen LogP contribution in [-0.2, 0) is 14.2 Å². The Kier molecular flexibility index (Phi) is 9.71. The van der Waals surface area contributed by atoms with Crippen LogP contribution in [0.25, 0.3) is 0 Å². The van der Waals surface area contributed by atoms with E-state index >= 15 is 0 Å². The second-order valence-electron chi connectivity index (χ2n) is 6.25. The molecule has 0 aromatic heterocycles. The van der Waals surface area contributed by atoms with Gasteiger partial charge in [0.1, 0.15) is 0 Å². The van der Waals surface area contributed by atoms with E-state index in [9.17, 15) is 29.0 Å². The number of carboxylic acid groups (broad SMARTS) is 1. The molecule has 0 heterocycles. The van der Waals surface area contributed by atoms with Gasteiger partial charge in [-0.15, -0.1) is 0 Å². The highest BCUT2D eigenvalue weighted by molar-refractivity contribution is 8.13. The van der Waals surface area contributed by atoms with Crippen LogP contribution in [0.15, 0.2) is 0 Å². The van der Waals surface area contributed by atoms with Crippen molar-refractivity contribution in [2.75, 3.05) is 32.4 Å². The molecular formula is C14H29NO7PS+. The molecule has 0 aliphatic rings. The van der Waals surface area contributed by atoms with Crippen LogP contribution >= 0.6 is 19.4 Å². The zero-order valence-electron chi connectivity index (χ0n) is 14.5. The third-order valence-corrected chi connectivity index (χ3v) is 6.23. The first-order chi connectivity index (χ1) is 10.9. The smallest absolute Gasteiger partial charge is 0.368 e. The highest BCUT2D eigenvalue weighted by Crippen LogP contribution is 2.51. The van der Waals surface area contributed by atoms with Crippen LogP contribution < -0.4 is 0 Å². The fourth-order valence-electron chi connectivity index (χ4n) is 2.29. The maximum absolute atomic E-state index is 11.4. The molecule has 142 valence electrons. The molecule has 4 N–H and O–H groups in total. The van der Waals surface area contributed by atoms with Gasteiger partial charge >= 0.3 is 13.6 Å². The van der Waals surface area contributed by atoms with Gasteiger partial charge in [0.25, 0.3) is 5.34 Å².